The number of hydrogen-bond acceptors (Lipinski definition) is 4. The second-order valence-corrected chi connectivity index (χ2v) is 6.75. The Morgan fingerprint density at radius 2 is 1.80 bits per heavy atom. The fraction of sp³-hybridized carbons (Fsp3) is 0.389. The molecular weight excluding hydrogens is 324 g/mol. The van der Waals surface area contributed by atoms with Gasteiger partial charge in [0.15, 0.2) is 0 Å². The maximum Gasteiger partial charge on any atom is 0.415 e. The average Bonchev–Trinajstić information content (AvgIpc) is 2.50. The van der Waals surface area contributed by atoms with Crippen molar-refractivity contribution < 1.29 is 24.2 Å². The van der Waals surface area contributed by atoms with E-state index in [4.69, 9.17) is 9.84 Å². The van der Waals surface area contributed by atoms with Crippen LogP contribution >= 0.6 is 0 Å². The van der Waals surface area contributed by atoms with Crippen molar-refractivity contribution in [2.24, 2.45) is 0 Å². The zero-order valence-corrected chi connectivity index (χ0v) is 14.5. The van der Waals surface area contributed by atoms with E-state index in [0.29, 0.717) is 0 Å². The van der Waals surface area contributed by atoms with Gasteiger partial charge < -0.3 is 14.7 Å². The third-order valence-electron chi connectivity index (χ3n) is 3.49. The molecule has 1 aliphatic rings. The van der Waals surface area contributed by atoms with Crippen molar-refractivity contribution in [3.63, 3.8) is 0 Å². The van der Waals surface area contributed by atoms with Crippen molar-refractivity contribution in [1.82, 2.24) is 9.80 Å². The molecule has 0 unspecified atom stereocenters. The molecule has 0 aromatic heterocycles. The van der Waals surface area contributed by atoms with Gasteiger partial charge in [-0.15, -0.1) is 0 Å². The highest BCUT2D eigenvalue weighted by atomic mass is 16.6. The van der Waals surface area contributed by atoms with Gasteiger partial charge in [-0.2, -0.15) is 0 Å². The van der Waals surface area contributed by atoms with Crippen LogP contribution in [0.4, 0.5) is 4.79 Å². The van der Waals surface area contributed by atoms with Gasteiger partial charge >= 0.3 is 12.1 Å². The zero-order chi connectivity index (χ0) is 18.6. The van der Waals surface area contributed by atoms with Crippen LogP contribution in [0.1, 0.15) is 26.3 Å². The van der Waals surface area contributed by atoms with Crippen LogP contribution in [0.2, 0.25) is 0 Å². The molecule has 1 aromatic carbocycles. The van der Waals surface area contributed by atoms with Crippen LogP contribution in [-0.2, 0) is 20.7 Å². The Morgan fingerprint density at radius 1 is 1.16 bits per heavy atom. The minimum absolute atomic E-state index is 0.263. The van der Waals surface area contributed by atoms with Gasteiger partial charge in [-0.3, -0.25) is 14.5 Å². The third-order valence-corrected chi connectivity index (χ3v) is 3.49. The first-order valence-electron chi connectivity index (χ1n) is 7.93. The fourth-order valence-corrected chi connectivity index (χ4v) is 2.44. The Kier molecular flexibility index (Phi) is 5.46. The van der Waals surface area contributed by atoms with E-state index in [0.717, 1.165) is 10.5 Å². The molecule has 0 radical (unpaired) electrons. The van der Waals surface area contributed by atoms with Gasteiger partial charge in [0.2, 0.25) is 0 Å². The van der Waals surface area contributed by atoms with Crippen molar-refractivity contribution in [3.8, 4) is 0 Å². The monoisotopic (exact) mass is 346 g/mol. The number of hydrogen-bond donors (Lipinski definition) is 1. The van der Waals surface area contributed by atoms with Crippen molar-refractivity contribution in [1.29, 1.82) is 0 Å². The summed E-state index contributed by atoms with van der Waals surface area (Å²) in [5.74, 6) is -1.58. The number of aliphatic carboxylic acids is 1. The molecule has 7 nitrogen and oxygen atoms in total. The third kappa shape index (κ3) is 5.07. The second kappa shape index (κ2) is 7.38. The van der Waals surface area contributed by atoms with E-state index >= 15 is 0 Å². The largest absolute Gasteiger partial charge is 0.480 e. The molecule has 0 bridgehead atoms. The number of carbonyl (C=O) groups excluding carboxylic acids is 2. The van der Waals surface area contributed by atoms with Crippen LogP contribution in [0, 0.1) is 0 Å². The van der Waals surface area contributed by atoms with Crippen LogP contribution in [0.15, 0.2) is 42.7 Å². The van der Waals surface area contributed by atoms with E-state index in [1.54, 1.807) is 20.8 Å². The normalized spacial score (nSPS) is 17.6. The summed E-state index contributed by atoms with van der Waals surface area (Å²) >= 11 is 0. The van der Waals surface area contributed by atoms with Crippen LogP contribution in [0.5, 0.6) is 0 Å². The highest BCUT2D eigenvalue weighted by Crippen LogP contribution is 2.20. The highest BCUT2D eigenvalue weighted by molar-refractivity contribution is 5.90. The molecule has 25 heavy (non-hydrogen) atoms. The van der Waals surface area contributed by atoms with Crippen molar-refractivity contribution in [2.75, 3.05) is 6.54 Å². The lowest BCUT2D eigenvalue weighted by Gasteiger charge is -2.36. The van der Waals surface area contributed by atoms with Gasteiger partial charge in [-0.25, -0.2) is 4.79 Å². The molecular formula is C18H22N2O5. The molecule has 0 aliphatic carbocycles. The Labute approximate surface area is 146 Å². The molecule has 2 amide bonds. The lowest BCUT2D eigenvalue weighted by Crippen LogP contribution is -2.53. The Balaban J connectivity index is 2.28. The van der Waals surface area contributed by atoms with Gasteiger partial charge in [-0.05, 0) is 26.3 Å². The summed E-state index contributed by atoms with van der Waals surface area (Å²) in [6, 6.07) is 8.37. The number of carbonyl (C=O) groups is 3. The maximum atomic E-state index is 12.7. The number of rotatable bonds is 4. The van der Waals surface area contributed by atoms with Gasteiger partial charge in [0.1, 0.15) is 18.2 Å². The second-order valence-electron chi connectivity index (χ2n) is 6.75. The van der Waals surface area contributed by atoms with Gasteiger partial charge in [0, 0.05) is 18.8 Å². The number of nitrogens with zero attached hydrogens (tertiary/aromatic N) is 2. The minimum Gasteiger partial charge on any atom is -0.480 e. The Bertz CT molecular complexity index is 678. The van der Waals surface area contributed by atoms with Crippen LogP contribution in [0.25, 0.3) is 0 Å². The zero-order valence-electron chi connectivity index (χ0n) is 14.5. The van der Waals surface area contributed by atoms with E-state index in [-0.39, 0.29) is 6.42 Å². The van der Waals surface area contributed by atoms with E-state index in [1.807, 2.05) is 30.3 Å². The van der Waals surface area contributed by atoms with Gasteiger partial charge in [-0.1, -0.05) is 30.3 Å². The molecule has 1 heterocycles. The summed E-state index contributed by atoms with van der Waals surface area (Å²) in [6.45, 7) is 4.76. The molecule has 0 fully saturated rings. The minimum atomic E-state index is -1.12. The predicted molar refractivity (Wildman–Crippen MR) is 90.5 cm³/mol. The van der Waals surface area contributed by atoms with E-state index in [1.165, 1.54) is 17.3 Å². The van der Waals surface area contributed by atoms with Crippen molar-refractivity contribution in [2.45, 2.75) is 38.8 Å². The number of ether oxygens (including phenoxy) is 1. The topological polar surface area (TPSA) is 87.2 Å². The SMILES string of the molecule is CC(C)(C)OC(=O)N1C=CN(CC(=O)O)C(=O)[C@@H]1Cc1ccccc1. The number of carboxylic acids is 1. The molecule has 1 aromatic rings. The first kappa shape index (κ1) is 18.5. The number of carboxylic acid groups (broad SMARTS) is 1. The number of amides is 2. The van der Waals surface area contributed by atoms with Gasteiger partial charge in [0.05, 0.1) is 0 Å². The summed E-state index contributed by atoms with van der Waals surface area (Å²) in [6.07, 6.45) is 2.31. The molecule has 134 valence electrons. The predicted octanol–water partition coefficient (Wildman–Crippen LogP) is 2.23. The van der Waals surface area contributed by atoms with Gasteiger partial charge in [0.25, 0.3) is 5.91 Å². The van der Waals surface area contributed by atoms with E-state index < -0.39 is 36.2 Å². The molecule has 0 saturated heterocycles. The fourth-order valence-electron chi connectivity index (χ4n) is 2.44. The van der Waals surface area contributed by atoms with Crippen LogP contribution in [-0.4, -0.2) is 51.1 Å². The lowest BCUT2D eigenvalue weighted by atomic mass is 10.0. The quantitative estimate of drug-likeness (QED) is 0.903. The molecule has 1 N–H and O–H groups in total. The molecule has 1 atom stereocenters. The summed E-state index contributed by atoms with van der Waals surface area (Å²) in [5.41, 5.74) is 0.156. The van der Waals surface area contributed by atoms with Crippen molar-refractivity contribution in [3.05, 3.63) is 48.3 Å². The number of benzene rings is 1. The highest BCUT2D eigenvalue weighted by Gasteiger charge is 2.37. The maximum absolute atomic E-state index is 12.7. The molecule has 0 spiro atoms. The first-order valence-corrected chi connectivity index (χ1v) is 7.93. The smallest absolute Gasteiger partial charge is 0.415 e. The van der Waals surface area contributed by atoms with E-state index in [2.05, 4.69) is 0 Å². The van der Waals surface area contributed by atoms with E-state index in [9.17, 15) is 14.4 Å². The summed E-state index contributed by atoms with van der Waals surface area (Å²) in [5, 5.41) is 8.95. The Hall–Kier alpha value is -2.83. The van der Waals surface area contributed by atoms with Crippen LogP contribution < -0.4 is 0 Å². The van der Waals surface area contributed by atoms with Crippen LogP contribution in [0.3, 0.4) is 0 Å². The summed E-state index contributed by atoms with van der Waals surface area (Å²) in [7, 11) is 0. The molecule has 1 aliphatic heterocycles. The molecule has 0 saturated carbocycles. The summed E-state index contributed by atoms with van der Waals surface area (Å²) in [4.78, 5) is 38.4. The standard InChI is InChI=1S/C18H22N2O5/c1-18(2,3)25-17(24)20-10-9-19(12-15(21)22)16(23)14(20)11-13-7-5-4-6-8-13/h4-10,14H,11-12H2,1-3H3,(H,21,22)/t14-/m0/s1. The molecule has 2 rings (SSSR count). The first-order chi connectivity index (χ1) is 11.7. The summed E-state index contributed by atoms with van der Waals surface area (Å²) < 4.78 is 5.36. The van der Waals surface area contributed by atoms with Crippen molar-refractivity contribution >= 4 is 18.0 Å². The lowest BCUT2D eigenvalue weighted by molar-refractivity contribution is -0.145. The molecule has 7 heteroatoms. The Morgan fingerprint density at radius 3 is 2.36 bits per heavy atom. The average molecular weight is 346 g/mol.